The molecule has 0 bridgehead atoms. The highest BCUT2D eigenvalue weighted by atomic mass is 32.2. The fourth-order valence-corrected chi connectivity index (χ4v) is 3.39. The standard InChI is InChI=1S/C15H31NS/c1-3-12-16-15(11-13-17-2)10-9-14-7-5-4-6-8-14/h14-16H,3-13H2,1-2H3. The largest absolute Gasteiger partial charge is 0.314 e. The monoisotopic (exact) mass is 257 g/mol. The summed E-state index contributed by atoms with van der Waals surface area (Å²) in [5, 5.41) is 3.73. The van der Waals surface area contributed by atoms with Gasteiger partial charge in [-0.15, -0.1) is 0 Å². The summed E-state index contributed by atoms with van der Waals surface area (Å²) in [6.45, 7) is 3.46. The van der Waals surface area contributed by atoms with Crippen LogP contribution in [0, 0.1) is 5.92 Å². The van der Waals surface area contributed by atoms with E-state index in [9.17, 15) is 0 Å². The second-order valence-corrected chi connectivity index (χ2v) is 6.50. The Morgan fingerprint density at radius 3 is 2.59 bits per heavy atom. The van der Waals surface area contributed by atoms with Crippen LogP contribution in [-0.4, -0.2) is 24.6 Å². The van der Waals surface area contributed by atoms with Gasteiger partial charge in [0.2, 0.25) is 0 Å². The maximum atomic E-state index is 3.73. The summed E-state index contributed by atoms with van der Waals surface area (Å²) >= 11 is 1.98. The first-order chi connectivity index (χ1) is 8.36. The van der Waals surface area contributed by atoms with Crippen molar-refractivity contribution in [3.63, 3.8) is 0 Å². The number of rotatable bonds is 9. The highest BCUT2D eigenvalue weighted by molar-refractivity contribution is 7.98. The Morgan fingerprint density at radius 2 is 1.94 bits per heavy atom. The van der Waals surface area contributed by atoms with E-state index < -0.39 is 0 Å². The maximum Gasteiger partial charge on any atom is 0.00750 e. The molecule has 0 aliphatic heterocycles. The van der Waals surface area contributed by atoms with Gasteiger partial charge in [-0.05, 0) is 50.2 Å². The van der Waals surface area contributed by atoms with Gasteiger partial charge in [0, 0.05) is 6.04 Å². The van der Waals surface area contributed by atoms with E-state index in [0.29, 0.717) is 0 Å². The van der Waals surface area contributed by atoms with E-state index >= 15 is 0 Å². The summed E-state index contributed by atoms with van der Waals surface area (Å²) < 4.78 is 0. The van der Waals surface area contributed by atoms with Gasteiger partial charge in [0.15, 0.2) is 0 Å². The fourth-order valence-electron chi connectivity index (χ4n) is 2.87. The van der Waals surface area contributed by atoms with Gasteiger partial charge in [-0.2, -0.15) is 11.8 Å². The van der Waals surface area contributed by atoms with E-state index in [-0.39, 0.29) is 0 Å². The molecule has 0 amide bonds. The van der Waals surface area contributed by atoms with Crippen LogP contribution in [0.2, 0.25) is 0 Å². The quantitative estimate of drug-likeness (QED) is 0.654. The molecule has 1 rings (SSSR count). The molecule has 1 saturated carbocycles. The first kappa shape index (κ1) is 15.4. The smallest absolute Gasteiger partial charge is 0.00750 e. The van der Waals surface area contributed by atoms with Gasteiger partial charge in [-0.1, -0.05) is 39.0 Å². The highest BCUT2D eigenvalue weighted by Crippen LogP contribution is 2.28. The molecule has 1 aliphatic carbocycles. The van der Waals surface area contributed by atoms with Crippen LogP contribution in [-0.2, 0) is 0 Å². The normalized spacial score (nSPS) is 19.4. The van der Waals surface area contributed by atoms with Gasteiger partial charge in [0.1, 0.15) is 0 Å². The number of hydrogen-bond acceptors (Lipinski definition) is 2. The first-order valence-corrected chi connectivity index (χ1v) is 8.98. The molecule has 1 nitrogen and oxygen atoms in total. The van der Waals surface area contributed by atoms with E-state index in [1.54, 1.807) is 0 Å². The second-order valence-electron chi connectivity index (χ2n) is 5.51. The topological polar surface area (TPSA) is 12.0 Å². The lowest BCUT2D eigenvalue weighted by atomic mass is 9.85. The van der Waals surface area contributed by atoms with Crippen LogP contribution in [0.15, 0.2) is 0 Å². The lowest BCUT2D eigenvalue weighted by Gasteiger charge is -2.24. The molecule has 1 unspecified atom stereocenters. The minimum absolute atomic E-state index is 0.782. The van der Waals surface area contributed by atoms with Gasteiger partial charge in [0.25, 0.3) is 0 Å². The molecule has 0 aromatic heterocycles. The second kappa shape index (κ2) is 10.3. The summed E-state index contributed by atoms with van der Waals surface area (Å²) in [5.74, 6) is 2.36. The average Bonchev–Trinajstić information content (AvgIpc) is 2.39. The zero-order valence-electron chi connectivity index (χ0n) is 11.8. The molecule has 2 heteroatoms. The Labute approximate surface area is 113 Å². The van der Waals surface area contributed by atoms with Gasteiger partial charge < -0.3 is 5.32 Å². The van der Waals surface area contributed by atoms with Crippen molar-refractivity contribution in [3.05, 3.63) is 0 Å². The van der Waals surface area contributed by atoms with E-state index in [1.165, 1.54) is 70.1 Å². The summed E-state index contributed by atoms with van der Waals surface area (Å²) in [6.07, 6.45) is 15.2. The van der Waals surface area contributed by atoms with E-state index in [2.05, 4.69) is 18.5 Å². The molecule has 1 atom stereocenters. The molecule has 0 aromatic carbocycles. The van der Waals surface area contributed by atoms with Crippen LogP contribution in [0.1, 0.15) is 64.7 Å². The third kappa shape index (κ3) is 7.35. The Morgan fingerprint density at radius 1 is 1.18 bits per heavy atom. The predicted molar refractivity (Wildman–Crippen MR) is 80.9 cm³/mol. The van der Waals surface area contributed by atoms with Crippen molar-refractivity contribution in [1.29, 1.82) is 0 Å². The highest BCUT2D eigenvalue weighted by Gasteiger charge is 2.15. The predicted octanol–water partition coefficient (Wildman–Crippen LogP) is 4.47. The minimum atomic E-state index is 0.782. The minimum Gasteiger partial charge on any atom is -0.314 e. The van der Waals surface area contributed by atoms with Crippen molar-refractivity contribution in [1.82, 2.24) is 5.32 Å². The zero-order chi connectivity index (χ0) is 12.3. The first-order valence-electron chi connectivity index (χ1n) is 7.59. The number of thioether (sulfide) groups is 1. The van der Waals surface area contributed by atoms with Crippen LogP contribution in [0.5, 0.6) is 0 Å². The van der Waals surface area contributed by atoms with Crippen LogP contribution in [0.4, 0.5) is 0 Å². The van der Waals surface area contributed by atoms with E-state index in [4.69, 9.17) is 0 Å². The molecule has 0 aromatic rings. The van der Waals surface area contributed by atoms with Crippen LogP contribution < -0.4 is 5.32 Å². The third-order valence-corrected chi connectivity index (χ3v) is 4.65. The SMILES string of the molecule is CCCNC(CCSC)CCC1CCCCC1. The van der Waals surface area contributed by atoms with E-state index in [0.717, 1.165) is 12.0 Å². The summed E-state index contributed by atoms with van der Waals surface area (Å²) in [6, 6.07) is 0.782. The Balaban J connectivity index is 2.16. The molecule has 1 N–H and O–H groups in total. The Kier molecular flexibility index (Phi) is 9.27. The lowest BCUT2D eigenvalue weighted by Crippen LogP contribution is -2.31. The number of nitrogens with one attached hydrogen (secondary N) is 1. The van der Waals surface area contributed by atoms with Crippen molar-refractivity contribution in [2.45, 2.75) is 70.8 Å². The van der Waals surface area contributed by atoms with Gasteiger partial charge >= 0.3 is 0 Å². The summed E-state index contributed by atoms with van der Waals surface area (Å²) in [7, 11) is 0. The van der Waals surface area contributed by atoms with Crippen molar-refractivity contribution < 1.29 is 0 Å². The molecule has 1 aliphatic rings. The summed E-state index contributed by atoms with van der Waals surface area (Å²) in [5.41, 5.74) is 0. The molecule has 17 heavy (non-hydrogen) atoms. The molecule has 102 valence electrons. The Hall–Kier alpha value is 0.310. The third-order valence-electron chi connectivity index (χ3n) is 4.00. The molecule has 0 spiro atoms. The van der Waals surface area contributed by atoms with Gasteiger partial charge in [-0.3, -0.25) is 0 Å². The van der Waals surface area contributed by atoms with Crippen molar-refractivity contribution in [2.75, 3.05) is 18.6 Å². The number of hydrogen-bond donors (Lipinski definition) is 1. The van der Waals surface area contributed by atoms with Crippen molar-refractivity contribution >= 4 is 11.8 Å². The molecule has 0 radical (unpaired) electrons. The van der Waals surface area contributed by atoms with Crippen LogP contribution in [0.3, 0.4) is 0 Å². The fraction of sp³-hybridized carbons (Fsp3) is 1.00. The maximum absolute atomic E-state index is 3.73. The van der Waals surface area contributed by atoms with E-state index in [1.807, 2.05) is 11.8 Å². The molecule has 0 saturated heterocycles. The molecule has 0 heterocycles. The average molecular weight is 257 g/mol. The van der Waals surface area contributed by atoms with Crippen molar-refractivity contribution in [3.8, 4) is 0 Å². The zero-order valence-corrected chi connectivity index (χ0v) is 12.7. The molecular weight excluding hydrogens is 226 g/mol. The van der Waals surface area contributed by atoms with Crippen LogP contribution >= 0.6 is 11.8 Å². The van der Waals surface area contributed by atoms with Crippen LogP contribution in [0.25, 0.3) is 0 Å². The lowest BCUT2D eigenvalue weighted by molar-refractivity contribution is 0.311. The summed E-state index contributed by atoms with van der Waals surface area (Å²) in [4.78, 5) is 0. The van der Waals surface area contributed by atoms with Gasteiger partial charge in [-0.25, -0.2) is 0 Å². The van der Waals surface area contributed by atoms with Crippen molar-refractivity contribution in [2.24, 2.45) is 5.92 Å². The Bertz CT molecular complexity index is 158. The molecular formula is C15H31NS. The van der Waals surface area contributed by atoms with Gasteiger partial charge in [0.05, 0.1) is 0 Å². The molecule has 1 fully saturated rings.